The molecule has 10 aromatic carbocycles. The van der Waals surface area contributed by atoms with Crippen LogP contribution in [0, 0.1) is 18.3 Å². The van der Waals surface area contributed by atoms with Gasteiger partial charge in [-0.1, -0.05) is 84.4 Å². The number of nitriles is 1. The van der Waals surface area contributed by atoms with Gasteiger partial charge in [-0.15, -0.1) is 0 Å². The molecule has 12 aromatic rings. The molecule has 0 fully saturated rings. The molecule has 0 bridgehead atoms. The second kappa shape index (κ2) is 23.5. The standard InChI is InChI=1S/C71H32F27N3/c1-32-2-10-44(53(18-32)68(87,88)89)33-3-11-48-49-12-4-34(45-15-7-39(63(72,73)74)28-54(45)69(90,91)92)22-58(49)100(57(48)21-33)61-25-38(37-19-42(66(81,82)83)27-43(20-37)67(84,85)86)26-62(52(61)31-99)101-59-23-35(46-16-8-40(64(75,76)77)29-55(46)70(93,94)95)5-13-50(59)51-14-6-36(24-60(51)101)47-17-9-41(65(78,79)80)30-56(47)71(96,97)98/h2-30H,1H3. The summed E-state index contributed by atoms with van der Waals surface area (Å²) >= 11 is 0. The number of halogens is 27. The Morgan fingerprint density at radius 1 is 0.248 bits per heavy atom. The lowest BCUT2D eigenvalue weighted by molar-refractivity contribution is -0.144. The van der Waals surface area contributed by atoms with Gasteiger partial charge in [-0.3, -0.25) is 0 Å². The van der Waals surface area contributed by atoms with Crippen molar-refractivity contribution in [1.82, 2.24) is 9.13 Å². The summed E-state index contributed by atoms with van der Waals surface area (Å²) in [6.45, 7) is 1.29. The Morgan fingerprint density at radius 2 is 0.505 bits per heavy atom. The maximum absolute atomic E-state index is 15.1. The maximum Gasteiger partial charge on any atom is 0.417 e. The largest absolute Gasteiger partial charge is 0.417 e. The summed E-state index contributed by atoms with van der Waals surface area (Å²) in [6, 6.07) is 18.7. The van der Waals surface area contributed by atoms with Crippen molar-refractivity contribution in [2.24, 2.45) is 0 Å². The van der Waals surface area contributed by atoms with E-state index in [1.807, 2.05) is 0 Å². The van der Waals surface area contributed by atoms with E-state index in [0.29, 0.717) is 30.3 Å². The number of aryl methyl sites for hydroxylation is 1. The molecular formula is C71H32F27N3. The SMILES string of the molecule is Cc1ccc(-c2ccc3c4ccc(-c5ccc(C(F)(F)F)cc5C(F)(F)F)cc4n(-c4cc(-c5cc(C(F)(F)F)cc(C(F)(F)F)c5)cc(-n5c6cc(-c7ccc(C(F)(F)F)cc7C(F)(F)F)ccc6c6ccc(-c7ccc(C(F)(F)F)cc7C(F)(F)F)cc65)c4C#N)c3c2)c(C(F)(F)F)c1. The van der Waals surface area contributed by atoms with E-state index in [1.54, 1.807) is 6.07 Å². The minimum Gasteiger partial charge on any atom is -0.308 e. The molecule has 0 atom stereocenters. The van der Waals surface area contributed by atoms with Crippen LogP contribution in [-0.4, -0.2) is 9.13 Å². The zero-order valence-corrected chi connectivity index (χ0v) is 49.8. The summed E-state index contributed by atoms with van der Waals surface area (Å²) in [4.78, 5) is 0. The summed E-state index contributed by atoms with van der Waals surface area (Å²) in [7, 11) is 0. The fraction of sp³-hybridized carbons (Fsp3) is 0.141. The van der Waals surface area contributed by atoms with Gasteiger partial charge in [0.15, 0.2) is 0 Å². The van der Waals surface area contributed by atoms with Gasteiger partial charge in [0.1, 0.15) is 11.6 Å². The van der Waals surface area contributed by atoms with Gasteiger partial charge in [-0.2, -0.15) is 124 Å². The highest BCUT2D eigenvalue weighted by Gasteiger charge is 2.44. The van der Waals surface area contributed by atoms with E-state index < -0.39 is 195 Å². The minimum absolute atomic E-state index is 0.0566. The first-order valence-corrected chi connectivity index (χ1v) is 28.7. The molecule has 12 rings (SSSR count). The second-order valence-electron chi connectivity index (χ2n) is 23.2. The Morgan fingerprint density at radius 3 is 0.762 bits per heavy atom. The number of fused-ring (bicyclic) bond motifs is 6. The fourth-order valence-corrected chi connectivity index (χ4v) is 12.4. The lowest BCUT2D eigenvalue weighted by atomic mass is 9.95. The van der Waals surface area contributed by atoms with E-state index in [-0.39, 0.29) is 87.3 Å². The quantitative estimate of drug-likeness (QED) is 0.146. The molecule has 2 aromatic heterocycles. The van der Waals surface area contributed by atoms with Crippen LogP contribution in [0.1, 0.15) is 61.2 Å². The Kier molecular flexibility index (Phi) is 16.4. The first kappa shape index (κ1) is 70.3. The number of alkyl halides is 27. The fourth-order valence-electron chi connectivity index (χ4n) is 12.4. The van der Waals surface area contributed by atoms with Gasteiger partial charge in [0.25, 0.3) is 0 Å². The molecule has 520 valence electrons. The highest BCUT2D eigenvalue weighted by molar-refractivity contribution is 6.13. The van der Waals surface area contributed by atoms with Crippen LogP contribution in [0.2, 0.25) is 0 Å². The molecule has 3 nitrogen and oxygen atoms in total. The van der Waals surface area contributed by atoms with Crippen molar-refractivity contribution in [2.45, 2.75) is 62.5 Å². The van der Waals surface area contributed by atoms with Gasteiger partial charge < -0.3 is 9.13 Å². The zero-order valence-electron chi connectivity index (χ0n) is 49.8. The van der Waals surface area contributed by atoms with Gasteiger partial charge in [-0.25, -0.2) is 0 Å². The van der Waals surface area contributed by atoms with E-state index in [1.165, 1.54) is 13.0 Å². The predicted octanol–water partition coefficient (Wildman–Crippen LogP) is 25.6. The van der Waals surface area contributed by atoms with Crippen molar-refractivity contribution in [3.8, 4) is 73.1 Å². The summed E-state index contributed by atoms with van der Waals surface area (Å²) in [5.41, 5.74) is -29.3. The normalized spacial score (nSPS) is 13.3. The lowest BCUT2D eigenvalue weighted by Crippen LogP contribution is -2.12. The van der Waals surface area contributed by atoms with Crippen LogP contribution in [0.5, 0.6) is 0 Å². The first-order valence-electron chi connectivity index (χ1n) is 28.7. The van der Waals surface area contributed by atoms with Crippen molar-refractivity contribution in [1.29, 1.82) is 5.26 Å². The predicted molar refractivity (Wildman–Crippen MR) is 317 cm³/mol. The van der Waals surface area contributed by atoms with Crippen LogP contribution in [0.4, 0.5) is 119 Å². The van der Waals surface area contributed by atoms with Crippen LogP contribution >= 0.6 is 0 Å². The average Bonchev–Trinajstić information content (AvgIpc) is 1.58. The molecule has 0 aliphatic rings. The van der Waals surface area contributed by atoms with Gasteiger partial charge in [0.05, 0.1) is 83.5 Å². The van der Waals surface area contributed by atoms with Crippen molar-refractivity contribution in [3.63, 3.8) is 0 Å². The smallest absolute Gasteiger partial charge is 0.308 e. The van der Waals surface area contributed by atoms with Crippen LogP contribution in [0.25, 0.3) is 111 Å². The summed E-state index contributed by atoms with van der Waals surface area (Å²) < 4.78 is 399. The van der Waals surface area contributed by atoms with Gasteiger partial charge in [0, 0.05) is 21.5 Å². The summed E-state index contributed by atoms with van der Waals surface area (Å²) in [5.74, 6) is 0. The highest BCUT2D eigenvalue weighted by Crippen LogP contribution is 2.51. The Bertz CT molecular complexity index is 5250. The molecule has 0 saturated heterocycles. The third kappa shape index (κ3) is 13.0. The van der Waals surface area contributed by atoms with E-state index >= 15 is 52.7 Å². The maximum atomic E-state index is 15.1. The monoisotopic (exact) mass is 1440 g/mol. The molecule has 0 unspecified atom stereocenters. The summed E-state index contributed by atoms with van der Waals surface area (Å²) in [5, 5.41) is 11.0. The molecule has 0 saturated carbocycles. The molecule has 0 N–H and O–H groups in total. The van der Waals surface area contributed by atoms with Crippen molar-refractivity contribution >= 4 is 43.6 Å². The first-order chi connectivity index (χ1) is 46.6. The van der Waals surface area contributed by atoms with E-state index in [0.717, 1.165) is 94.1 Å². The van der Waals surface area contributed by atoms with Gasteiger partial charge >= 0.3 is 55.6 Å². The van der Waals surface area contributed by atoms with Crippen molar-refractivity contribution in [2.75, 3.05) is 0 Å². The highest BCUT2D eigenvalue weighted by atomic mass is 19.4. The molecule has 2 heterocycles. The number of aromatic nitrogens is 2. The van der Waals surface area contributed by atoms with E-state index in [9.17, 15) is 71.1 Å². The number of nitrogens with zero attached hydrogens (tertiary/aromatic N) is 3. The molecule has 101 heavy (non-hydrogen) atoms. The Labute approximate surface area is 547 Å². The topological polar surface area (TPSA) is 33.6 Å². The van der Waals surface area contributed by atoms with Crippen molar-refractivity contribution < 1.29 is 119 Å². The van der Waals surface area contributed by atoms with Crippen LogP contribution in [-0.2, 0) is 55.6 Å². The zero-order chi connectivity index (χ0) is 73.8. The number of hydrogen-bond donors (Lipinski definition) is 0. The number of benzene rings is 10. The molecular weight excluding hydrogens is 1410 g/mol. The van der Waals surface area contributed by atoms with E-state index in [4.69, 9.17) is 0 Å². The molecule has 0 aliphatic carbocycles. The average molecular weight is 1440 g/mol. The molecule has 0 spiro atoms. The Hall–Kier alpha value is -10.6. The third-order valence-corrected chi connectivity index (χ3v) is 16.8. The van der Waals surface area contributed by atoms with Crippen LogP contribution in [0.15, 0.2) is 176 Å². The molecule has 0 amide bonds. The molecule has 0 aliphatic heterocycles. The van der Waals surface area contributed by atoms with Crippen LogP contribution in [0.3, 0.4) is 0 Å². The third-order valence-electron chi connectivity index (χ3n) is 16.8. The summed E-state index contributed by atoms with van der Waals surface area (Å²) in [6.07, 6.45) is -49.6. The van der Waals surface area contributed by atoms with Gasteiger partial charge in [0.2, 0.25) is 0 Å². The van der Waals surface area contributed by atoms with Crippen LogP contribution < -0.4 is 0 Å². The van der Waals surface area contributed by atoms with E-state index in [2.05, 4.69) is 0 Å². The Balaban J connectivity index is 1.30. The lowest BCUT2D eigenvalue weighted by Gasteiger charge is -2.21. The van der Waals surface area contributed by atoms with Gasteiger partial charge in [-0.05, 0) is 160 Å². The molecule has 30 heteroatoms. The van der Waals surface area contributed by atoms with Crippen molar-refractivity contribution in [3.05, 3.63) is 237 Å². The number of hydrogen-bond acceptors (Lipinski definition) is 1. The minimum atomic E-state index is -5.67. The number of rotatable bonds is 7. The second-order valence-corrected chi connectivity index (χ2v) is 23.2. The molecule has 0 radical (unpaired) electrons.